The molecule has 0 aromatic heterocycles. The number of carbonyl (C=O) groups is 1. The quantitative estimate of drug-likeness (QED) is 0.468. The molecule has 2 atom stereocenters. The fraction of sp³-hybridized carbons (Fsp3) is 0.120. The van der Waals surface area contributed by atoms with Crippen LogP contribution in [0.3, 0.4) is 0 Å². The van der Waals surface area contributed by atoms with Crippen molar-refractivity contribution in [2.45, 2.75) is 17.6 Å². The van der Waals surface area contributed by atoms with Gasteiger partial charge in [0.15, 0.2) is 0 Å². The largest absolute Gasteiger partial charge is 0.439 e. The molecule has 0 radical (unpaired) electrons. The highest BCUT2D eigenvalue weighted by Gasteiger charge is 2.57. The van der Waals surface area contributed by atoms with Crippen LogP contribution in [0.15, 0.2) is 93.3 Å². The van der Waals surface area contributed by atoms with E-state index in [1.807, 2.05) is 71.7 Å². The number of benzene rings is 3. The molecule has 0 bridgehead atoms. The lowest BCUT2D eigenvalue weighted by molar-refractivity contribution is -0.127. The van der Waals surface area contributed by atoms with E-state index in [4.69, 9.17) is 9.84 Å². The number of rotatable bonds is 2. The van der Waals surface area contributed by atoms with E-state index in [0.717, 1.165) is 39.0 Å². The van der Waals surface area contributed by atoms with E-state index in [0.29, 0.717) is 4.91 Å². The molecular weight excluding hydrogens is 486 g/mol. The molecule has 1 amide bonds. The first-order chi connectivity index (χ1) is 15.6. The molecule has 3 aromatic carbocycles. The van der Waals surface area contributed by atoms with Crippen molar-refractivity contribution in [1.29, 1.82) is 0 Å². The number of ether oxygens (including phenoxy) is 1. The normalized spacial score (nSPS) is 24.7. The van der Waals surface area contributed by atoms with Crippen LogP contribution in [0.2, 0.25) is 0 Å². The molecule has 0 aliphatic carbocycles. The predicted molar refractivity (Wildman–Crippen MR) is 130 cm³/mol. The van der Waals surface area contributed by atoms with Gasteiger partial charge in [-0.15, -0.1) is 0 Å². The number of hydrazone groups is 1. The summed E-state index contributed by atoms with van der Waals surface area (Å²) in [5, 5.41) is 8.84. The third kappa shape index (κ3) is 3.24. The molecule has 1 spiro atoms. The van der Waals surface area contributed by atoms with Crippen LogP contribution in [0.1, 0.15) is 29.2 Å². The van der Waals surface area contributed by atoms with Gasteiger partial charge in [0, 0.05) is 16.5 Å². The fourth-order valence-electron chi connectivity index (χ4n) is 4.26. The molecule has 0 saturated carbocycles. The highest BCUT2D eigenvalue weighted by molar-refractivity contribution is 9.10. The predicted octanol–water partition coefficient (Wildman–Crippen LogP) is 5.51. The summed E-state index contributed by atoms with van der Waals surface area (Å²) in [5.41, 5.74) is 4.09. The minimum Gasteiger partial charge on any atom is -0.439 e. The maximum absolute atomic E-state index is 13.0. The molecule has 3 heterocycles. The van der Waals surface area contributed by atoms with E-state index in [1.165, 1.54) is 11.8 Å². The van der Waals surface area contributed by atoms with Crippen molar-refractivity contribution in [2.24, 2.45) is 5.10 Å². The highest BCUT2D eigenvalue weighted by Crippen LogP contribution is 2.53. The van der Waals surface area contributed by atoms with Crippen molar-refractivity contribution in [1.82, 2.24) is 10.3 Å². The molecule has 32 heavy (non-hydrogen) atoms. The molecule has 3 aromatic rings. The van der Waals surface area contributed by atoms with E-state index in [-0.39, 0.29) is 11.9 Å². The molecule has 158 valence electrons. The summed E-state index contributed by atoms with van der Waals surface area (Å²) in [5.74, 6) is 0.607. The van der Waals surface area contributed by atoms with Gasteiger partial charge < -0.3 is 4.74 Å². The lowest BCUT2D eigenvalue weighted by Gasteiger charge is -2.43. The Bertz CT molecular complexity index is 1280. The molecule has 1 N–H and O–H groups in total. The van der Waals surface area contributed by atoms with E-state index < -0.39 is 5.18 Å². The number of thioether (sulfide) groups is 1. The van der Waals surface area contributed by atoms with Crippen LogP contribution in [-0.4, -0.2) is 21.8 Å². The van der Waals surface area contributed by atoms with Crippen molar-refractivity contribution in [2.75, 3.05) is 0 Å². The van der Waals surface area contributed by atoms with Gasteiger partial charge in [0.2, 0.25) is 0 Å². The van der Waals surface area contributed by atoms with Gasteiger partial charge in [0.05, 0.1) is 16.7 Å². The monoisotopic (exact) mass is 503 g/mol. The van der Waals surface area contributed by atoms with E-state index in [1.54, 1.807) is 0 Å². The van der Waals surface area contributed by atoms with Crippen LogP contribution in [-0.2, 0) is 4.79 Å². The van der Waals surface area contributed by atoms with Crippen LogP contribution in [0.5, 0.6) is 5.75 Å². The Kier molecular flexibility index (Phi) is 4.62. The summed E-state index contributed by atoms with van der Waals surface area (Å²) < 4.78 is 7.43. The van der Waals surface area contributed by atoms with Crippen LogP contribution >= 0.6 is 27.7 Å². The van der Waals surface area contributed by atoms with Gasteiger partial charge >= 0.3 is 5.18 Å². The first-order valence-electron chi connectivity index (χ1n) is 10.3. The summed E-state index contributed by atoms with van der Waals surface area (Å²) in [6, 6.07) is 26.0. The smallest absolute Gasteiger partial charge is 0.336 e. The molecule has 7 heteroatoms. The van der Waals surface area contributed by atoms with E-state index in [2.05, 4.69) is 39.4 Å². The number of amides is 1. The number of nitrogens with zero attached hydrogens (tertiary/aromatic N) is 2. The van der Waals surface area contributed by atoms with E-state index >= 15 is 0 Å². The summed E-state index contributed by atoms with van der Waals surface area (Å²) in [6.07, 6.45) is 2.63. The van der Waals surface area contributed by atoms with Crippen LogP contribution in [0, 0.1) is 0 Å². The molecule has 3 aliphatic rings. The molecular formula is C25H18BrN3O2S. The second-order valence-electron chi connectivity index (χ2n) is 7.82. The van der Waals surface area contributed by atoms with Gasteiger partial charge in [-0.3, -0.25) is 10.1 Å². The minimum atomic E-state index is -1.12. The standard InChI is InChI=1S/C25H18BrN3O2S/c26-18-12-10-16(11-13-18)14-23-24(30)27-25(32-23)29-21(19-8-4-5-9-22(19)31-25)15-20(28-29)17-6-2-1-3-7-17/h1-14,21H,15H2,(H,27,30)/b23-14-. The molecule has 6 rings (SSSR count). The second kappa shape index (κ2) is 7.53. The molecule has 5 nitrogen and oxygen atoms in total. The SMILES string of the molecule is O=C1NC2(Oc3ccccc3C3CC(c4ccccc4)=NN32)S/C1=C\c1ccc(Br)cc1. The Balaban J connectivity index is 1.42. The number of fused-ring (bicyclic) bond motifs is 4. The summed E-state index contributed by atoms with van der Waals surface area (Å²) in [4.78, 5) is 13.6. The van der Waals surface area contributed by atoms with Crippen molar-refractivity contribution >= 4 is 45.4 Å². The van der Waals surface area contributed by atoms with Gasteiger partial charge in [-0.05, 0) is 47.2 Å². The molecule has 1 fully saturated rings. The van der Waals surface area contributed by atoms with Gasteiger partial charge in [-0.25, -0.2) is 5.01 Å². The Morgan fingerprint density at radius 2 is 1.81 bits per heavy atom. The highest BCUT2D eigenvalue weighted by atomic mass is 79.9. The maximum Gasteiger partial charge on any atom is 0.336 e. The minimum absolute atomic E-state index is 0.0185. The third-order valence-electron chi connectivity index (χ3n) is 5.76. The topological polar surface area (TPSA) is 53.9 Å². The Labute approximate surface area is 198 Å². The summed E-state index contributed by atoms with van der Waals surface area (Å²) >= 11 is 4.82. The third-order valence-corrected chi connectivity index (χ3v) is 7.46. The Morgan fingerprint density at radius 3 is 2.62 bits per heavy atom. The number of hydrogen-bond donors (Lipinski definition) is 1. The van der Waals surface area contributed by atoms with Gasteiger partial charge in [-0.1, -0.05) is 76.6 Å². The van der Waals surface area contributed by atoms with Crippen molar-refractivity contribution in [3.8, 4) is 5.75 Å². The summed E-state index contributed by atoms with van der Waals surface area (Å²) in [7, 11) is 0. The Morgan fingerprint density at radius 1 is 1.06 bits per heavy atom. The first kappa shape index (κ1) is 19.6. The number of nitrogens with one attached hydrogen (secondary N) is 1. The lowest BCUT2D eigenvalue weighted by atomic mass is 9.97. The second-order valence-corrected chi connectivity index (χ2v) is 9.93. The number of hydrogen-bond acceptors (Lipinski definition) is 5. The zero-order valence-electron chi connectivity index (χ0n) is 16.9. The van der Waals surface area contributed by atoms with E-state index in [9.17, 15) is 4.79 Å². The van der Waals surface area contributed by atoms with Crippen LogP contribution in [0.4, 0.5) is 0 Å². The van der Waals surface area contributed by atoms with Crippen molar-refractivity contribution in [3.63, 3.8) is 0 Å². The van der Waals surface area contributed by atoms with Crippen LogP contribution < -0.4 is 10.1 Å². The average molecular weight is 504 g/mol. The number of carbonyl (C=O) groups excluding carboxylic acids is 1. The zero-order valence-corrected chi connectivity index (χ0v) is 19.3. The first-order valence-corrected chi connectivity index (χ1v) is 11.9. The maximum atomic E-state index is 13.0. The zero-order chi connectivity index (χ0) is 21.7. The van der Waals surface area contributed by atoms with Gasteiger partial charge in [0.25, 0.3) is 5.91 Å². The molecule has 2 unspecified atom stereocenters. The fourth-order valence-corrected chi connectivity index (χ4v) is 5.69. The Hall–Kier alpha value is -3.03. The van der Waals surface area contributed by atoms with Crippen LogP contribution in [0.25, 0.3) is 6.08 Å². The van der Waals surface area contributed by atoms with Gasteiger partial charge in [-0.2, -0.15) is 5.10 Å². The molecule has 3 aliphatic heterocycles. The van der Waals surface area contributed by atoms with Gasteiger partial charge in [0.1, 0.15) is 5.75 Å². The van der Waals surface area contributed by atoms with Crippen molar-refractivity contribution < 1.29 is 9.53 Å². The summed E-state index contributed by atoms with van der Waals surface area (Å²) in [6.45, 7) is 0. The van der Waals surface area contributed by atoms with Crippen molar-refractivity contribution in [3.05, 3.63) is 105 Å². The lowest BCUT2D eigenvalue weighted by Crippen LogP contribution is -2.58. The number of halogens is 1. The molecule has 1 saturated heterocycles. The number of para-hydroxylation sites is 1. The average Bonchev–Trinajstić information content (AvgIpc) is 3.39.